The molecule has 0 heterocycles. The predicted octanol–water partition coefficient (Wildman–Crippen LogP) is 0.159. The van der Waals surface area contributed by atoms with Crippen LogP contribution >= 0.6 is 0 Å². The van der Waals surface area contributed by atoms with Crippen LogP contribution in [0.1, 0.15) is 12.8 Å². The lowest BCUT2D eigenvalue weighted by molar-refractivity contribution is 0.165. The average Bonchev–Trinajstić information content (AvgIpc) is 2.69. The van der Waals surface area contributed by atoms with E-state index in [9.17, 15) is 0 Å². The summed E-state index contributed by atoms with van der Waals surface area (Å²) in [5, 5.41) is 11.3. The zero-order valence-electron chi connectivity index (χ0n) is 6.00. The minimum atomic E-state index is -0.135. The summed E-state index contributed by atoms with van der Waals surface area (Å²) in [6, 6.07) is 0. The molecule has 0 radical (unpaired) electrons. The SMILES string of the molecule is COCC1(/C(N)=N/O)CC1. The van der Waals surface area contributed by atoms with E-state index in [0.717, 1.165) is 12.8 Å². The van der Waals surface area contributed by atoms with Crippen LogP contribution in [0.15, 0.2) is 5.16 Å². The fourth-order valence-corrected chi connectivity index (χ4v) is 1.01. The first-order chi connectivity index (χ1) is 4.75. The Kier molecular flexibility index (Phi) is 1.80. The average molecular weight is 144 g/mol. The number of hydrogen-bond donors (Lipinski definition) is 2. The van der Waals surface area contributed by atoms with E-state index in [-0.39, 0.29) is 5.41 Å². The van der Waals surface area contributed by atoms with Gasteiger partial charge in [0.25, 0.3) is 0 Å². The molecule has 3 N–H and O–H groups in total. The minimum Gasteiger partial charge on any atom is -0.409 e. The first-order valence-corrected chi connectivity index (χ1v) is 3.22. The van der Waals surface area contributed by atoms with Crippen LogP contribution in [-0.2, 0) is 4.74 Å². The number of methoxy groups -OCH3 is 1. The summed E-state index contributed by atoms with van der Waals surface area (Å²) in [7, 11) is 1.62. The van der Waals surface area contributed by atoms with E-state index in [1.807, 2.05) is 0 Å². The number of amidine groups is 1. The molecular weight excluding hydrogens is 132 g/mol. The fourth-order valence-electron chi connectivity index (χ4n) is 1.01. The molecule has 58 valence electrons. The van der Waals surface area contributed by atoms with E-state index in [0.29, 0.717) is 12.4 Å². The van der Waals surface area contributed by atoms with E-state index in [4.69, 9.17) is 15.7 Å². The Balaban J connectivity index is 2.52. The summed E-state index contributed by atoms with van der Waals surface area (Å²) in [4.78, 5) is 0. The van der Waals surface area contributed by atoms with Crippen molar-refractivity contribution in [3.8, 4) is 0 Å². The Bertz CT molecular complexity index is 152. The quantitative estimate of drug-likeness (QED) is 0.256. The molecule has 1 fully saturated rings. The van der Waals surface area contributed by atoms with Gasteiger partial charge in [-0.2, -0.15) is 0 Å². The normalized spacial score (nSPS) is 22.7. The van der Waals surface area contributed by atoms with E-state index in [1.165, 1.54) is 0 Å². The monoisotopic (exact) mass is 144 g/mol. The largest absolute Gasteiger partial charge is 0.409 e. The van der Waals surface area contributed by atoms with Crippen molar-refractivity contribution in [2.24, 2.45) is 16.3 Å². The highest BCUT2D eigenvalue weighted by atomic mass is 16.5. The van der Waals surface area contributed by atoms with Crippen molar-refractivity contribution in [3.05, 3.63) is 0 Å². The van der Waals surface area contributed by atoms with Gasteiger partial charge in [0, 0.05) is 7.11 Å². The maximum absolute atomic E-state index is 8.34. The van der Waals surface area contributed by atoms with Crippen molar-refractivity contribution >= 4 is 5.84 Å². The number of hydrogen-bond acceptors (Lipinski definition) is 3. The second-order valence-corrected chi connectivity index (χ2v) is 2.70. The van der Waals surface area contributed by atoms with Gasteiger partial charge in [0.15, 0.2) is 0 Å². The van der Waals surface area contributed by atoms with E-state index < -0.39 is 0 Å². The zero-order chi connectivity index (χ0) is 7.61. The Hall–Kier alpha value is -0.770. The van der Waals surface area contributed by atoms with Gasteiger partial charge < -0.3 is 15.7 Å². The summed E-state index contributed by atoms with van der Waals surface area (Å²) in [6.07, 6.45) is 1.94. The zero-order valence-corrected chi connectivity index (χ0v) is 6.00. The van der Waals surface area contributed by atoms with Crippen molar-refractivity contribution in [3.63, 3.8) is 0 Å². The highest BCUT2D eigenvalue weighted by Crippen LogP contribution is 2.45. The molecule has 1 saturated carbocycles. The van der Waals surface area contributed by atoms with Gasteiger partial charge in [-0.25, -0.2) is 0 Å². The Morgan fingerprint density at radius 1 is 1.80 bits per heavy atom. The molecule has 1 aliphatic rings. The van der Waals surface area contributed by atoms with Crippen molar-refractivity contribution in [1.82, 2.24) is 0 Å². The molecule has 10 heavy (non-hydrogen) atoms. The first-order valence-electron chi connectivity index (χ1n) is 3.22. The van der Waals surface area contributed by atoms with Crippen LogP contribution in [0, 0.1) is 5.41 Å². The number of oxime groups is 1. The standard InChI is InChI=1S/C6H12N2O2/c1-10-4-6(2-3-6)5(7)8-9/h9H,2-4H2,1H3,(H2,7,8). The van der Waals surface area contributed by atoms with E-state index >= 15 is 0 Å². The van der Waals surface area contributed by atoms with Crippen LogP contribution in [-0.4, -0.2) is 24.8 Å². The van der Waals surface area contributed by atoms with Crippen LogP contribution in [0.2, 0.25) is 0 Å². The van der Waals surface area contributed by atoms with Gasteiger partial charge in [0.05, 0.1) is 12.0 Å². The topological polar surface area (TPSA) is 67.8 Å². The van der Waals surface area contributed by atoms with Crippen molar-refractivity contribution < 1.29 is 9.94 Å². The molecule has 0 aliphatic heterocycles. The molecule has 0 bridgehead atoms. The van der Waals surface area contributed by atoms with Crippen LogP contribution in [0.25, 0.3) is 0 Å². The van der Waals surface area contributed by atoms with Gasteiger partial charge in [0.2, 0.25) is 0 Å². The third kappa shape index (κ3) is 1.07. The fraction of sp³-hybridized carbons (Fsp3) is 0.833. The second kappa shape index (κ2) is 2.46. The van der Waals surface area contributed by atoms with Crippen molar-refractivity contribution in [2.45, 2.75) is 12.8 Å². The molecule has 0 saturated heterocycles. The van der Waals surface area contributed by atoms with Crippen LogP contribution in [0.3, 0.4) is 0 Å². The summed E-state index contributed by atoms with van der Waals surface area (Å²) < 4.78 is 4.92. The summed E-state index contributed by atoms with van der Waals surface area (Å²) in [6.45, 7) is 0.558. The Morgan fingerprint density at radius 2 is 2.40 bits per heavy atom. The van der Waals surface area contributed by atoms with Crippen LogP contribution in [0.5, 0.6) is 0 Å². The molecule has 4 nitrogen and oxygen atoms in total. The van der Waals surface area contributed by atoms with Gasteiger partial charge >= 0.3 is 0 Å². The lowest BCUT2D eigenvalue weighted by Gasteiger charge is -2.10. The van der Waals surface area contributed by atoms with Crippen LogP contribution < -0.4 is 5.73 Å². The van der Waals surface area contributed by atoms with Gasteiger partial charge in [-0.1, -0.05) is 5.16 Å². The highest BCUT2D eigenvalue weighted by Gasteiger charge is 2.47. The lowest BCUT2D eigenvalue weighted by Crippen LogP contribution is -2.28. The number of ether oxygens (including phenoxy) is 1. The summed E-state index contributed by atoms with van der Waals surface area (Å²) in [5.41, 5.74) is 5.28. The van der Waals surface area contributed by atoms with Gasteiger partial charge in [-0.3, -0.25) is 0 Å². The Morgan fingerprint density at radius 3 is 2.70 bits per heavy atom. The molecule has 0 amide bonds. The molecule has 1 aliphatic carbocycles. The molecular formula is C6H12N2O2. The molecule has 4 heteroatoms. The predicted molar refractivity (Wildman–Crippen MR) is 37.0 cm³/mol. The maximum atomic E-state index is 8.34. The smallest absolute Gasteiger partial charge is 0.147 e. The molecule has 0 aromatic rings. The third-order valence-corrected chi connectivity index (χ3v) is 1.93. The maximum Gasteiger partial charge on any atom is 0.147 e. The summed E-state index contributed by atoms with van der Waals surface area (Å²) in [5.74, 6) is 0.300. The molecule has 0 unspecified atom stereocenters. The molecule has 0 aromatic heterocycles. The lowest BCUT2D eigenvalue weighted by atomic mass is 10.1. The number of rotatable bonds is 3. The van der Waals surface area contributed by atoms with Crippen molar-refractivity contribution in [1.29, 1.82) is 0 Å². The molecule has 1 rings (SSSR count). The molecule has 0 aromatic carbocycles. The Labute approximate surface area is 59.7 Å². The highest BCUT2D eigenvalue weighted by molar-refractivity contribution is 5.88. The van der Waals surface area contributed by atoms with Crippen molar-refractivity contribution in [2.75, 3.05) is 13.7 Å². The number of nitrogens with two attached hydrogens (primary N) is 1. The minimum absolute atomic E-state index is 0.135. The molecule has 0 spiro atoms. The van der Waals surface area contributed by atoms with E-state index in [2.05, 4.69) is 5.16 Å². The van der Waals surface area contributed by atoms with Gasteiger partial charge in [-0.15, -0.1) is 0 Å². The van der Waals surface area contributed by atoms with Crippen LogP contribution in [0.4, 0.5) is 0 Å². The van der Waals surface area contributed by atoms with E-state index in [1.54, 1.807) is 7.11 Å². The first kappa shape index (κ1) is 7.34. The van der Waals surface area contributed by atoms with Gasteiger partial charge in [-0.05, 0) is 12.8 Å². The van der Waals surface area contributed by atoms with Gasteiger partial charge in [0.1, 0.15) is 5.84 Å². The summed E-state index contributed by atoms with van der Waals surface area (Å²) >= 11 is 0. The number of nitrogens with zero attached hydrogens (tertiary/aromatic N) is 1. The molecule has 0 atom stereocenters. The second-order valence-electron chi connectivity index (χ2n) is 2.70. The third-order valence-electron chi connectivity index (χ3n) is 1.93.